The highest BCUT2D eigenvalue weighted by molar-refractivity contribution is 7.53. The number of rotatable bonds is 4. The molecular weight excluding hydrogens is 179 g/mol. The molecule has 0 bridgehead atoms. The summed E-state index contributed by atoms with van der Waals surface area (Å²) in [6.45, 7) is 7.14. The van der Waals surface area contributed by atoms with Crippen LogP contribution in [0.1, 0.15) is 27.7 Å². The highest BCUT2D eigenvalue weighted by Gasteiger charge is 2.24. The minimum Gasteiger partial charge on any atom is -0.310 e. The van der Waals surface area contributed by atoms with Crippen LogP contribution in [0.3, 0.4) is 0 Å². The Hall–Kier alpha value is 0.110. The first-order chi connectivity index (χ1) is 5.33. The van der Waals surface area contributed by atoms with Gasteiger partial charge in [0.1, 0.15) is 0 Å². The summed E-state index contributed by atoms with van der Waals surface area (Å²) in [5.41, 5.74) is -0.469. The molecule has 0 heterocycles. The van der Waals surface area contributed by atoms with E-state index in [1.807, 2.05) is 20.8 Å². The van der Waals surface area contributed by atoms with Gasteiger partial charge in [-0.25, -0.2) is 4.89 Å². The van der Waals surface area contributed by atoms with Gasteiger partial charge < -0.3 is 4.52 Å². The van der Waals surface area contributed by atoms with Crippen molar-refractivity contribution < 1.29 is 18.7 Å². The van der Waals surface area contributed by atoms with Crippen LogP contribution in [-0.4, -0.2) is 18.9 Å². The van der Waals surface area contributed by atoms with Gasteiger partial charge in [-0.05, 0) is 20.8 Å². The van der Waals surface area contributed by atoms with Gasteiger partial charge >= 0.3 is 7.60 Å². The second-order valence-electron chi connectivity index (χ2n) is 3.38. The fraction of sp³-hybridized carbons (Fsp3) is 1.00. The fourth-order valence-electron chi connectivity index (χ4n) is 0.381. The lowest BCUT2D eigenvalue weighted by Crippen LogP contribution is -2.19. The molecule has 1 unspecified atom stereocenters. The second-order valence-corrected chi connectivity index (χ2v) is 5.75. The minimum absolute atomic E-state index is 0.305. The predicted molar refractivity (Wildman–Crippen MR) is 47.1 cm³/mol. The van der Waals surface area contributed by atoms with Gasteiger partial charge in [0.05, 0.1) is 5.60 Å². The normalized spacial score (nSPS) is 17.4. The first-order valence-electron chi connectivity index (χ1n) is 3.85. The standard InChI is InChI=1S/C7H17O4P/c1-6-12(8,9-5)11-10-7(2,3)4/h6H2,1-5H3. The minimum atomic E-state index is -3.00. The first-order valence-corrected chi connectivity index (χ1v) is 5.58. The molecule has 0 saturated carbocycles. The van der Waals surface area contributed by atoms with Crippen molar-refractivity contribution in [3.8, 4) is 0 Å². The SMILES string of the molecule is CCP(=O)(OC)OOC(C)(C)C. The summed E-state index contributed by atoms with van der Waals surface area (Å²) in [6.07, 6.45) is 0.305. The Labute approximate surface area is 73.7 Å². The van der Waals surface area contributed by atoms with E-state index in [9.17, 15) is 4.57 Å². The summed E-state index contributed by atoms with van der Waals surface area (Å²) in [5, 5.41) is 0. The Morgan fingerprint density at radius 1 is 1.33 bits per heavy atom. The third-order valence-electron chi connectivity index (χ3n) is 1.07. The lowest BCUT2D eigenvalue weighted by molar-refractivity contribution is -0.280. The lowest BCUT2D eigenvalue weighted by Gasteiger charge is -2.20. The third kappa shape index (κ3) is 4.88. The maximum absolute atomic E-state index is 11.4. The summed E-state index contributed by atoms with van der Waals surface area (Å²) in [6, 6.07) is 0. The van der Waals surface area contributed by atoms with Crippen molar-refractivity contribution in [3.05, 3.63) is 0 Å². The first kappa shape index (κ1) is 12.1. The lowest BCUT2D eigenvalue weighted by atomic mass is 10.2. The Morgan fingerprint density at radius 3 is 2.08 bits per heavy atom. The van der Waals surface area contributed by atoms with E-state index in [0.29, 0.717) is 6.16 Å². The van der Waals surface area contributed by atoms with Crippen LogP contribution in [0, 0.1) is 0 Å². The molecule has 0 aliphatic carbocycles. The maximum Gasteiger partial charge on any atom is 0.357 e. The Kier molecular flexibility index (Phi) is 4.42. The van der Waals surface area contributed by atoms with E-state index in [4.69, 9.17) is 14.1 Å². The van der Waals surface area contributed by atoms with Gasteiger partial charge in [-0.1, -0.05) is 6.92 Å². The topological polar surface area (TPSA) is 44.8 Å². The van der Waals surface area contributed by atoms with E-state index in [-0.39, 0.29) is 0 Å². The molecule has 0 aromatic heterocycles. The molecule has 0 N–H and O–H groups in total. The average molecular weight is 196 g/mol. The molecule has 0 aliphatic heterocycles. The average Bonchev–Trinajstić information content (AvgIpc) is 1.99. The van der Waals surface area contributed by atoms with Crippen molar-refractivity contribution in [2.75, 3.05) is 13.3 Å². The van der Waals surface area contributed by atoms with Crippen LogP contribution in [0.2, 0.25) is 0 Å². The zero-order valence-electron chi connectivity index (χ0n) is 8.29. The van der Waals surface area contributed by atoms with Crippen molar-refractivity contribution in [2.45, 2.75) is 33.3 Å². The van der Waals surface area contributed by atoms with Crippen LogP contribution >= 0.6 is 7.60 Å². The molecule has 0 aromatic rings. The van der Waals surface area contributed by atoms with Gasteiger partial charge in [0.25, 0.3) is 0 Å². The molecule has 5 heteroatoms. The molecule has 0 rings (SSSR count). The summed E-state index contributed by atoms with van der Waals surface area (Å²) in [5.74, 6) is 0. The zero-order chi connectivity index (χ0) is 9.83. The highest BCUT2D eigenvalue weighted by Crippen LogP contribution is 2.47. The van der Waals surface area contributed by atoms with Crippen molar-refractivity contribution in [2.24, 2.45) is 0 Å². The van der Waals surface area contributed by atoms with Crippen molar-refractivity contribution >= 4 is 7.60 Å². The maximum atomic E-state index is 11.4. The Morgan fingerprint density at radius 2 is 1.83 bits per heavy atom. The molecule has 1 atom stereocenters. The predicted octanol–water partition coefficient (Wildman–Crippen LogP) is 2.59. The van der Waals surface area contributed by atoms with Gasteiger partial charge in [0.15, 0.2) is 0 Å². The Balaban J connectivity index is 3.99. The molecule has 0 amide bonds. The van der Waals surface area contributed by atoms with Crippen molar-refractivity contribution in [1.82, 2.24) is 0 Å². The van der Waals surface area contributed by atoms with Gasteiger partial charge in [-0.2, -0.15) is 0 Å². The molecule has 4 nitrogen and oxygen atoms in total. The quantitative estimate of drug-likeness (QED) is 0.394. The largest absolute Gasteiger partial charge is 0.357 e. The third-order valence-corrected chi connectivity index (χ3v) is 2.70. The molecule has 0 radical (unpaired) electrons. The monoisotopic (exact) mass is 196 g/mol. The van der Waals surface area contributed by atoms with Gasteiger partial charge in [-0.3, -0.25) is 4.57 Å². The van der Waals surface area contributed by atoms with Crippen LogP contribution < -0.4 is 0 Å². The number of hydrogen-bond donors (Lipinski definition) is 0. The van der Waals surface area contributed by atoms with E-state index >= 15 is 0 Å². The van der Waals surface area contributed by atoms with Crippen LogP contribution in [-0.2, 0) is 18.7 Å². The summed E-state index contributed by atoms with van der Waals surface area (Å²) >= 11 is 0. The summed E-state index contributed by atoms with van der Waals surface area (Å²) in [7, 11) is -1.66. The molecule has 0 fully saturated rings. The zero-order valence-corrected chi connectivity index (χ0v) is 9.18. The number of hydrogen-bond acceptors (Lipinski definition) is 4. The van der Waals surface area contributed by atoms with Gasteiger partial charge in [0.2, 0.25) is 0 Å². The highest BCUT2D eigenvalue weighted by atomic mass is 31.2. The van der Waals surface area contributed by atoms with Gasteiger partial charge in [0, 0.05) is 13.3 Å². The molecule has 0 saturated heterocycles. The molecular formula is C7H17O4P. The summed E-state index contributed by atoms with van der Waals surface area (Å²) in [4.78, 5) is 4.89. The van der Waals surface area contributed by atoms with Gasteiger partial charge in [-0.15, -0.1) is 4.67 Å². The smallest absolute Gasteiger partial charge is 0.310 e. The van der Waals surface area contributed by atoms with E-state index in [1.54, 1.807) is 6.92 Å². The van der Waals surface area contributed by atoms with E-state index < -0.39 is 13.2 Å². The van der Waals surface area contributed by atoms with Crippen LogP contribution in [0.15, 0.2) is 0 Å². The molecule has 0 aliphatic rings. The fourth-order valence-corrected chi connectivity index (χ4v) is 1.14. The molecule has 74 valence electrons. The van der Waals surface area contributed by atoms with Crippen LogP contribution in [0.5, 0.6) is 0 Å². The van der Waals surface area contributed by atoms with E-state index in [2.05, 4.69) is 0 Å². The van der Waals surface area contributed by atoms with Crippen LogP contribution in [0.25, 0.3) is 0 Å². The molecule has 12 heavy (non-hydrogen) atoms. The van der Waals surface area contributed by atoms with E-state index in [0.717, 1.165) is 0 Å². The van der Waals surface area contributed by atoms with Crippen LogP contribution in [0.4, 0.5) is 0 Å². The molecule has 0 aromatic carbocycles. The van der Waals surface area contributed by atoms with Crippen molar-refractivity contribution in [1.29, 1.82) is 0 Å². The van der Waals surface area contributed by atoms with Crippen molar-refractivity contribution in [3.63, 3.8) is 0 Å². The van der Waals surface area contributed by atoms with E-state index in [1.165, 1.54) is 7.11 Å². The second kappa shape index (κ2) is 4.38. The molecule has 0 spiro atoms. The summed E-state index contributed by atoms with van der Waals surface area (Å²) < 4.78 is 20.8. The Bertz CT molecular complexity index is 165.